The van der Waals surface area contributed by atoms with Crippen molar-refractivity contribution in [3.8, 4) is 0 Å². The average Bonchev–Trinajstić information content (AvgIpc) is 3.57. The van der Waals surface area contributed by atoms with Crippen LogP contribution in [0.1, 0.15) is 60.6 Å². The maximum absolute atomic E-state index is 13.6. The third-order valence-corrected chi connectivity index (χ3v) is 9.55. The lowest BCUT2D eigenvalue weighted by atomic mass is 9.89. The van der Waals surface area contributed by atoms with Crippen LogP contribution in [0.2, 0.25) is 0 Å². The number of anilines is 1. The number of hydrogen-bond donors (Lipinski definition) is 2. The Morgan fingerprint density at radius 1 is 1.22 bits per heavy atom. The van der Waals surface area contributed by atoms with Gasteiger partial charge in [0.25, 0.3) is 17.5 Å². The third kappa shape index (κ3) is 8.62. The Balaban J connectivity index is 1.56. The number of ether oxygens (including phenoxy) is 4. The molecule has 0 aliphatic carbocycles. The number of allylic oxidation sites excluding steroid dienone is 1. The maximum Gasteiger partial charge on any atom is 0.413 e. The van der Waals surface area contributed by atoms with Crippen LogP contribution in [0.5, 0.6) is 0 Å². The quantitative estimate of drug-likeness (QED) is 0.0782. The molecule has 5 atom stereocenters. The van der Waals surface area contributed by atoms with E-state index in [2.05, 4.69) is 20.8 Å². The van der Waals surface area contributed by atoms with Crippen LogP contribution in [0.3, 0.4) is 0 Å². The van der Waals surface area contributed by atoms with E-state index in [1.165, 1.54) is 5.38 Å². The summed E-state index contributed by atoms with van der Waals surface area (Å²) in [5.41, 5.74) is -2.69. The van der Waals surface area contributed by atoms with Crippen molar-refractivity contribution in [1.29, 1.82) is 0 Å². The minimum Gasteiger partial charge on any atom is -0.463 e. The van der Waals surface area contributed by atoms with Crippen molar-refractivity contribution in [1.82, 2.24) is 15.2 Å². The number of carbonyl (C=O) groups excluding carboxylic acids is 6. The van der Waals surface area contributed by atoms with Crippen molar-refractivity contribution in [2.24, 2.45) is 17.0 Å². The van der Waals surface area contributed by atoms with E-state index < -0.39 is 87.6 Å². The minimum atomic E-state index is -2.14. The molecule has 4 rings (SSSR count). The zero-order valence-electron chi connectivity index (χ0n) is 28.1. The Bertz CT molecular complexity index is 1590. The van der Waals surface area contributed by atoms with Crippen LogP contribution in [-0.4, -0.2) is 104 Å². The molecule has 4 heterocycles. The van der Waals surface area contributed by atoms with Gasteiger partial charge in [-0.2, -0.15) is 0 Å². The number of nitrogens with zero attached hydrogens (tertiary/aromatic N) is 3. The highest BCUT2D eigenvalue weighted by atomic mass is 32.2. The van der Waals surface area contributed by atoms with Crippen LogP contribution in [-0.2, 0) is 58.6 Å². The normalized spacial score (nSPS) is 24.5. The lowest BCUT2D eigenvalue weighted by Gasteiger charge is -2.56. The van der Waals surface area contributed by atoms with Gasteiger partial charge in [-0.1, -0.05) is 24.6 Å². The molecule has 1 unspecified atom stereocenters. The summed E-state index contributed by atoms with van der Waals surface area (Å²) in [6, 6.07) is -1.43. The second-order valence-corrected chi connectivity index (χ2v) is 15.4. The molecule has 0 radical (unpaired) electrons. The van der Waals surface area contributed by atoms with Gasteiger partial charge in [0.2, 0.25) is 6.61 Å². The first-order chi connectivity index (χ1) is 22.9. The van der Waals surface area contributed by atoms with E-state index >= 15 is 0 Å². The number of nitrogens with one attached hydrogen (secondary N) is 2. The largest absolute Gasteiger partial charge is 0.463 e. The van der Waals surface area contributed by atoms with Crippen molar-refractivity contribution in [2.45, 2.75) is 77.6 Å². The molecule has 0 aromatic carbocycles. The highest BCUT2D eigenvalue weighted by Gasteiger charge is 2.73. The SMILES string of the molecule is CC(C)=CCOC(=O)[C@]12OC(=O)C[C@H]1CS(=O)[C@@H]1[C@H](NC(=O)/C(=N\OCC(=O)OCC(C)C)c3csc(NC(=O)OC(C)(C)C)n3)C(=O)N12. The monoisotopic (exact) mass is 725 g/mol. The molecule has 1 aromatic rings. The van der Waals surface area contributed by atoms with E-state index in [0.717, 1.165) is 21.8 Å². The predicted molar refractivity (Wildman–Crippen MR) is 173 cm³/mol. The molecular formula is C30H39N5O12S2. The van der Waals surface area contributed by atoms with Gasteiger partial charge in [0, 0.05) is 21.9 Å². The summed E-state index contributed by atoms with van der Waals surface area (Å²) in [4.78, 5) is 87.6. The van der Waals surface area contributed by atoms with E-state index in [0.29, 0.717) is 0 Å². The number of β-lactam (4-membered cyclic amide) rings is 1. The van der Waals surface area contributed by atoms with E-state index in [-0.39, 0.29) is 42.1 Å². The summed E-state index contributed by atoms with van der Waals surface area (Å²) in [5.74, 6) is -5.44. The number of fused-ring (bicyclic) bond motifs is 3. The van der Waals surface area contributed by atoms with Crippen LogP contribution in [0.4, 0.5) is 9.93 Å². The van der Waals surface area contributed by atoms with Gasteiger partial charge < -0.3 is 29.1 Å². The molecule has 17 nitrogen and oxygen atoms in total. The van der Waals surface area contributed by atoms with Crippen LogP contribution in [0, 0.1) is 11.8 Å². The molecule has 2 N–H and O–H groups in total. The Hall–Kier alpha value is -4.39. The summed E-state index contributed by atoms with van der Waals surface area (Å²) in [6.07, 6.45) is 0.563. The summed E-state index contributed by atoms with van der Waals surface area (Å²) in [7, 11) is -1.83. The second-order valence-electron chi connectivity index (χ2n) is 13.0. The van der Waals surface area contributed by atoms with Crippen molar-refractivity contribution < 1.29 is 56.8 Å². The molecule has 3 aliphatic heterocycles. The standard InChI is InChI=1S/C30H39N5O12S2/c1-15(2)8-9-43-26(40)30-17(10-19(36)46-30)14-49(42)25-22(24(39)35(25)30)32-23(38)21(34-45-12-20(37)44-11-16(3)4)18-13-48-27(31-18)33-28(41)47-29(5,6)7/h8,13,16-17,22,25H,9-12,14H2,1-7H3,(H,32,38)(H,31,33,41)/b34-21-/t17-,22+,25+,30+,49?/m0/s1. The van der Waals surface area contributed by atoms with Gasteiger partial charge >= 0.3 is 24.0 Å². The Morgan fingerprint density at radius 3 is 2.59 bits per heavy atom. The highest BCUT2D eigenvalue weighted by molar-refractivity contribution is 7.85. The van der Waals surface area contributed by atoms with Crippen molar-refractivity contribution in [3.05, 3.63) is 22.7 Å². The van der Waals surface area contributed by atoms with Crippen molar-refractivity contribution in [2.75, 3.05) is 30.9 Å². The molecule has 3 amide bonds. The molecule has 49 heavy (non-hydrogen) atoms. The van der Waals surface area contributed by atoms with Gasteiger partial charge in [0.1, 0.15) is 29.3 Å². The number of oxime groups is 1. The molecule has 1 aromatic heterocycles. The van der Waals surface area contributed by atoms with E-state index in [4.69, 9.17) is 23.8 Å². The second kappa shape index (κ2) is 15.0. The smallest absolute Gasteiger partial charge is 0.413 e. The van der Waals surface area contributed by atoms with Crippen LogP contribution >= 0.6 is 11.3 Å². The fourth-order valence-corrected chi connectivity index (χ4v) is 7.56. The molecular weight excluding hydrogens is 686 g/mol. The number of aromatic nitrogens is 1. The molecule has 3 saturated heterocycles. The minimum absolute atomic E-state index is 0.0306. The average molecular weight is 726 g/mol. The molecule has 268 valence electrons. The fourth-order valence-electron chi connectivity index (χ4n) is 4.96. The lowest BCUT2D eigenvalue weighted by molar-refractivity contribution is -0.219. The van der Waals surface area contributed by atoms with Gasteiger partial charge in [-0.15, -0.1) is 11.3 Å². The number of hydrogen-bond acceptors (Lipinski definition) is 15. The number of amides is 3. The zero-order valence-corrected chi connectivity index (χ0v) is 29.7. The highest BCUT2D eigenvalue weighted by Crippen LogP contribution is 2.48. The predicted octanol–water partition coefficient (Wildman–Crippen LogP) is 1.59. The first-order valence-corrected chi connectivity index (χ1v) is 17.5. The van der Waals surface area contributed by atoms with Gasteiger partial charge in [-0.05, 0) is 46.6 Å². The summed E-state index contributed by atoms with van der Waals surface area (Å²) in [6.45, 7) is 11.6. The van der Waals surface area contributed by atoms with E-state index in [1.807, 2.05) is 13.8 Å². The number of rotatable bonds is 12. The molecule has 0 bridgehead atoms. The fraction of sp³-hybridized carbons (Fsp3) is 0.600. The van der Waals surface area contributed by atoms with E-state index in [1.54, 1.807) is 40.7 Å². The lowest BCUT2D eigenvalue weighted by Crippen LogP contribution is -2.83. The first kappa shape index (κ1) is 37.4. The maximum atomic E-state index is 13.6. The van der Waals surface area contributed by atoms with Gasteiger partial charge in [0.15, 0.2) is 10.8 Å². The number of carbonyl (C=O) groups is 6. The van der Waals surface area contributed by atoms with E-state index in [9.17, 15) is 33.0 Å². The number of thiazole rings is 1. The van der Waals surface area contributed by atoms with Crippen LogP contribution < -0.4 is 10.6 Å². The summed E-state index contributed by atoms with van der Waals surface area (Å²) in [5, 5.41) is 8.81. The molecule has 19 heteroatoms. The molecule has 3 aliphatic rings. The van der Waals surface area contributed by atoms with Gasteiger partial charge in [0.05, 0.1) is 18.9 Å². The summed E-state index contributed by atoms with van der Waals surface area (Å²) < 4.78 is 34.5. The molecule has 3 fully saturated rings. The Labute approximate surface area is 288 Å². The Kier molecular flexibility index (Phi) is 11.5. The van der Waals surface area contributed by atoms with Crippen molar-refractivity contribution >= 4 is 68.8 Å². The first-order valence-electron chi connectivity index (χ1n) is 15.3. The van der Waals surface area contributed by atoms with Gasteiger partial charge in [-0.3, -0.25) is 28.8 Å². The summed E-state index contributed by atoms with van der Waals surface area (Å²) >= 11 is 0.921. The van der Waals surface area contributed by atoms with Gasteiger partial charge in [-0.25, -0.2) is 19.4 Å². The molecule has 0 saturated carbocycles. The topological polar surface area (TPSA) is 218 Å². The van der Waals surface area contributed by atoms with Crippen LogP contribution in [0.25, 0.3) is 0 Å². The number of esters is 3. The zero-order chi connectivity index (χ0) is 36.3. The third-order valence-electron chi connectivity index (χ3n) is 7.04. The van der Waals surface area contributed by atoms with Crippen molar-refractivity contribution in [3.63, 3.8) is 0 Å². The Morgan fingerprint density at radius 2 is 1.94 bits per heavy atom. The molecule has 0 spiro atoms. The van der Waals surface area contributed by atoms with Crippen LogP contribution in [0.15, 0.2) is 22.2 Å².